The molecule has 2 aliphatic heterocycles. The second-order valence-corrected chi connectivity index (χ2v) is 7.43. The average Bonchev–Trinajstić information content (AvgIpc) is 3.40. The third kappa shape index (κ3) is 3.17. The normalized spacial score (nSPS) is 17.5. The smallest absolute Gasteiger partial charge is 0.255 e. The van der Waals surface area contributed by atoms with E-state index in [1.54, 1.807) is 57.4 Å². The molecule has 0 bridgehead atoms. The number of nitrogens with zero attached hydrogens (tertiary/aromatic N) is 1. The van der Waals surface area contributed by atoms with Crippen LogP contribution in [-0.2, 0) is 0 Å². The quantitative estimate of drug-likeness (QED) is 0.759. The van der Waals surface area contributed by atoms with Crippen molar-refractivity contribution in [1.29, 1.82) is 0 Å². The van der Waals surface area contributed by atoms with E-state index >= 15 is 0 Å². The fourth-order valence-electron chi connectivity index (χ4n) is 3.38. The van der Waals surface area contributed by atoms with E-state index in [1.807, 2.05) is 11.0 Å². The highest BCUT2D eigenvalue weighted by Crippen LogP contribution is 2.46. The molecule has 1 atom stereocenters. The number of hydrogen-bond acceptors (Lipinski definition) is 7. The van der Waals surface area contributed by atoms with Gasteiger partial charge in [-0.05, 0) is 24.3 Å². The highest BCUT2D eigenvalue weighted by atomic mass is 32.2. The van der Waals surface area contributed by atoms with E-state index in [9.17, 15) is 4.79 Å². The van der Waals surface area contributed by atoms with Crippen LogP contribution in [0, 0.1) is 0 Å². The van der Waals surface area contributed by atoms with Crippen LogP contribution in [0.2, 0.25) is 0 Å². The molecule has 0 N–H and O–H groups in total. The van der Waals surface area contributed by atoms with Gasteiger partial charge in [-0.3, -0.25) is 4.79 Å². The topological polar surface area (TPSA) is 66.5 Å². The number of rotatable bonds is 5. The summed E-state index contributed by atoms with van der Waals surface area (Å²) < 4.78 is 27.1. The van der Waals surface area contributed by atoms with Gasteiger partial charge < -0.3 is 28.6 Å². The Morgan fingerprint density at radius 1 is 1.00 bits per heavy atom. The molecule has 2 aromatic rings. The Kier molecular flexibility index (Phi) is 5.13. The number of hydrogen-bond donors (Lipinski definition) is 0. The maximum Gasteiger partial charge on any atom is 0.255 e. The Morgan fingerprint density at radius 2 is 1.71 bits per heavy atom. The van der Waals surface area contributed by atoms with E-state index in [4.69, 9.17) is 23.7 Å². The minimum absolute atomic E-state index is 0.0647. The molecular weight excluding hydrogens is 382 g/mol. The van der Waals surface area contributed by atoms with Crippen molar-refractivity contribution in [3.63, 3.8) is 0 Å². The second-order valence-electron chi connectivity index (χ2n) is 6.24. The Hall–Kier alpha value is -2.74. The van der Waals surface area contributed by atoms with Crippen LogP contribution in [0.4, 0.5) is 0 Å². The lowest BCUT2D eigenvalue weighted by Crippen LogP contribution is -2.30. The van der Waals surface area contributed by atoms with Crippen LogP contribution in [0.1, 0.15) is 21.3 Å². The molecule has 2 aliphatic rings. The van der Waals surface area contributed by atoms with Crippen molar-refractivity contribution < 1.29 is 28.5 Å². The summed E-state index contributed by atoms with van der Waals surface area (Å²) in [6.07, 6.45) is 0. The first-order valence-corrected chi connectivity index (χ1v) is 9.83. The summed E-state index contributed by atoms with van der Waals surface area (Å²) >= 11 is 1.69. The van der Waals surface area contributed by atoms with Crippen LogP contribution in [0.25, 0.3) is 0 Å². The van der Waals surface area contributed by atoms with Crippen molar-refractivity contribution in [2.24, 2.45) is 0 Å². The van der Waals surface area contributed by atoms with Gasteiger partial charge in [-0.2, -0.15) is 0 Å². The first-order chi connectivity index (χ1) is 13.7. The Bertz CT molecular complexity index is 903. The molecule has 7 nitrogen and oxygen atoms in total. The summed E-state index contributed by atoms with van der Waals surface area (Å²) in [5.74, 6) is 3.86. The molecule has 0 radical (unpaired) electrons. The summed E-state index contributed by atoms with van der Waals surface area (Å²) in [7, 11) is 4.77. The molecule has 1 fully saturated rings. The van der Waals surface area contributed by atoms with Crippen molar-refractivity contribution in [3.8, 4) is 28.7 Å². The van der Waals surface area contributed by atoms with Crippen molar-refractivity contribution in [3.05, 3.63) is 41.5 Å². The molecule has 0 aromatic heterocycles. The van der Waals surface area contributed by atoms with Gasteiger partial charge in [0.15, 0.2) is 23.0 Å². The van der Waals surface area contributed by atoms with Gasteiger partial charge in [0.25, 0.3) is 5.91 Å². The maximum atomic E-state index is 13.2. The van der Waals surface area contributed by atoms with Gasteiger partial charge in [0, 0.05) is 29.5 Å². The number of carbonyl (C=O) groups excluding carboxylic acids is 1. The minimum atomic E-state index is -0.187. The molecule has 1 unspecified atom stereocenters. The zero-order chi connectivity index (χ0) is 19.7. The number of methoxy groups -OCH3 is 3. The van der Waals surface area contributed by atoms with E-state index in [-0.39, 0.29) is 18.1 Å². The predicted molar refractivity (Wildman–Crippen MR) is 105 cm³/mol. The van der Waals surface area contributed by atoms with Crippen LogP contribution in [0.3, 0.4) is 0 Å². The molecule has 4 rings (SSSR count). The van der Waals surface area contributed by atoms with E-state index in [0.29, 0.717) is 40.9 Å². The van der Waals surface area contributed by atoms with E-state index < -0.39 is 0 Å². The number of amides is 1. The average molecular weight is 403 g/mol. The third-order valence-corrected chi connectivity index (χ3v) is 6.02. The number of benzene rings is 2. The van der Waals surface area contributed by atoms with Gasteiger partial charge in [0.05, 0.1) is 21.3 Å². The molecule has 1 saturated heterocycles. The first-order valence-electron chi connectivity index (χ1n) is 8.78. The SMILES string of the molecule is COc1cc(OC)c(C2SCCN2C(=O)c2ccc3c(c2)OCO3)cc1OC. The molecule has 28 heavy (non-hydrogen) atoms. The van der Waals surface area contributed by atoms with Crippen LogP contribution < -0.4 is 23.7 Å². The molecule has 0 saturated carbocycles. The van der Waals surface area contributed by atoms with Crippen molar-refractivity contribution in [1.82, 2.24) is 4.90 Å². The Labute approximate surface area is 167 Å². The van der Waals surface area contributed by atoms with Crippen molar-refractivity contribution >= 4 is 17.7 Å². The summed E-state index contributed by atoms with van der Waals surface area (Å²) in [5, 5.41) is -0.187. The van der Waals surface area contributed by atoms with Gasteiger partial charge in [0.1, 0.15) is 11.1 Å². The molecule has 8 heteroatoms. The van der Waals surface area contributed by atoms with Gasteiger partial charge in [-0.25, -0.2) is 0 Å². The lowest BCUT2D eigenvalue weighted by molar-refractivity contribution is 0.0758. The first kappa shape index (κ1) is 18.6. The third-order valence-electron chi connectivity index (χ3n) is 4.77. The molecule has 0 spiro atoms. The van der Waals surface area contributed by atoms with Crippen molar-refractivity contribution in [2.45, 2.75) is 5.37 Å². The van der Waals surface area contributed by atoms with Crippen LogP contribution >= 0.6 is 11.8 Å². The highest BCUT2D eigenvalue weighted by molar-refractivity contribution is 7.99. The molecule has 2 heterocycles. The predicted octanol–water partition coefficient (Wildman–Crippen LogP) is 3.33. The fourth-order valence-corrected chi connectivity index (χ4v) is 4.65. The van der Waals surface area contributed by atoms with Gasteiger partial charge in [-0.1, -0.05) is 0 Å². The lowest BCUT2D eigenvalue weighted by Gasteiger charge is -2.26. The lowest BCUT2D eigenvalue weighted by atomic mass is 10.1. The van der Waals surface area contributed by atoms with Gasteiger partial charge in [0.2, 0.25) is 6.79 Å². The molecular formula is C20H21NO6S. The van der Waals surface area contributed by atoms with Crippen LogP contribution in [0.5, 0.6) is 28.7 Å². The molecule has 2 aromatic carbocycles. The number of thioether (sulfide) groups is 1. The minimum Gasteiger partial charge on any atom is -0.496 e. The molecule has 0 aliphatic carbocycles. The van der Waals surface area contributed by atoms with E-state index in [0.717, 1.165) is 11.3 Å². The standard InChI is InChI=1S/C20H21NO6S/c1-23-15-10-17(25-3)16(24-2)9-13(15)20-21(6-7-28-20)19(22)12-4-5-14-18(8-12)27-11-26-14/h4-5,8-10,20H,6-7,11H2,1-3H3. The Balaban J connectivity index is 1.67. The number of fused-ring (bicyclic) bond motifs is 1. The fraction of sp³-hybridized carbons (Fsp3) is 0.350. The Morgan fingerprint density at radius 3 is 2.46 bits per heavy atom. The molecule has 148 valence electrons. The van der Waals surface area contributed by atoms with Crippen molar-refractivity contribution in [2.75, 3.05) is 40.4 Å². The van der Waals surface area contributed by atoms with E-state index in [1.165, 1.54) is 0 Å². The molecule has 1 amide bonds. The highest BCUT2D eigenvalue weighted by Gasteiger charge is 2.34. The zero-order valence-electron chi connectivity index (χ0n) is 15.9. The summed E-state index contributed by atoms with van der Waals surface area (Å²) in [5.41, 5.74) is 1.44. The summed E-state index contributed by atoms with van der Waals surface area (Å²) in [4.78, 5) is 15.1. The number of carbonyl (C=O) groups is 1. The summed E-state index contributed by atoms with van der Waals surface area (Å²) in [6.45, 7) is 0.818. The van der Waals surface area contributed by atoms with Crippen LogP contribution in [-0.4, -0.2) is 51.2 Å². The van der Waals surface area contributed by atoms with Crippen LogP contribution in [0.15, 0.2) is 30.3 Å². The monoisotopic (exact) mass is 403 g/mol. The van der Waals surface area contributed by atoms with Gasteiger partial charge >= 0.3 is 0 Å². The summed E-state index contributed by atoms with van der Waals surface area (Å²) in [6, 6.07) is 8.93. The largest absolute Gasteiger partial charge is 0.496 e. The second kappa shape index (κ2) is 7.71. The van der Waals surface area contributed by atoms with E-state index in [2.05, 4.69) is 0 Å². The maximum absolute atomic E-state index is 13.2. The van der Waals surface area contributed by atoms with Gasteiger partial charge in [-0.15, -0.1) is 11.8 Å². The number of ether oxygens (including phenoxy) is 5. The zero-order valence-corrected chi connectivity index (χ0v) is 16.7.